The second-order valence-corrected chi connectivity index (χ2v) is 23.7. The summed E-state index contributed by atoms with van der Waals surface area (Å²) in [6.07, 6.45) is 7.55. The third-order valence-electron chi connectivity index (χ3n) is 17.1. The van der Waals surface area contributed by atoms with Gasteiger partial charge in [0.25, 0.3) is 5.88 Å². The van der Waals surface area contributed by atoms with Crippen LogP contribution in [0.4, 0.5) is 17.2 Å². The van der Waals surface area contributed by atoms with Gasteiger partial charge in [0.15, 0.2) is 11.6 Å². The predicted molar refractivity (Wildman–Crippen MR) is 299 cm³/mol. The molecule has 4 aromatic heterocycles. The van der Waals surface area contributed by atoms with E-state index >= 15 is 0 Å². The topological polar surface area (TPSA) is 222 Å². The quantitative estimate of drug-likeness (QED) is 0.0636. The van der Waals surface area contributed by atoms with Gasteiger partial charge in [-0.15, -0.1) is 21.5 Å². The molecule has 1 aliphatic carbocycles. The van der Waals surface area contributed by atoms with Crippen LogP contribution in [0.1, 0.15) is 102 Å². The largest absolute Gasteiger partial charge is 0.507 e. The molecule has 4 saturated heterocycles. The van der Waals surface area contributed by atoms with Crippen molar-refractivity contribution in [3.05, 3.63) is 102 Å². The van der Waals surface area contributed by atoms with Crippen LogP contribution in [0.5, 0.6) is 17.5 Å². The number of benzene rings is 2. The number of anilines is 3. The fraction of sp³-hybridized carbons (Fsp3) is 0.508. The molecule has 4 aliphatic heterocycles. The van der Waals surface area contributed by atoms with Crippen LogP contribution in [-0.4, -0.2) is 133 Å². The SMILES string of the molecule is Cc1ncsc1-c1ccc([C@H](C)NC(=O)[C@@H]2C[C@@H](O)CN2C(=O)[C@H](c2cc(OCC[C@H]3CCN(C[C@H]4C[C@H](Oc5cc(N6C7CCC6CN(c6cc(-c8ccccc8O)nnc6N)C7)ccn5)C4)C[C@@H]3C)no2)C(C)C)cc1. The lowest BCUT2D eigenvalue weighted by atomic mass is 9.80. The van der Waals surface area contributed by atoms with E-state index in [1.165, 1.54) is 4.90 Å². The van der Waals surface area contributed by atoms with Crippen molar-refractivity contribution in [3.63, 3.8) is 0 Å². The average Bonchev–Trinajstić information content (AvgIpc) is 4.31. The number of piperidine rings is 1. The number of aromatic hydroxyl groups is 1. The number of fused-ring (bicyclic) bond motifs is 2. The summed E-state index contributed by atoms with van der Waals surface area (Å²) in [6.45, 7) is 15.5. The van der Waals surface area contributed by atoms with E-state index in [0.717, 1.165) is 104 Å². The minimum atomic E-state index is -0.821. The first-order valence-electron chi connectivity index (χ1n) is 27.9. The Balaban J connectivity index is 0.610. The number of thiazole rings is 1. The second kappa shape index (κ2) is 22.9. The van der Waals surface area contributed by atoms with Gasteiger partial charge in [0.2, 0.25) is 17.7 Å². The Morgan fingerprint density at radius 3 is 2.44 bits per heavy atom. The summed E-state index contributed by atoms with van der Waals surface area (Å²) < 4.78 is 18.4. The zero-order valence-corrected chi connectivity index (χ0v) is 46.1. The van der Waals surface area contributed by atoms with E-state index in [4.69, 9.17) is 19.7 Å². The van der Waals surface area contributed by atoms with Crippen molar-refractivity contribution in [2.24, 2.45) is 23.7 Å². The molecular weight excluding hydrogens is 1010 g/mol. The predicted octanol–water partition coefficient (Wildman–Crippen LogP) is 8.27. The molecule has 2 aromatic carbocycles. The van der Waals surface area contributed by atoms with Crippen molar-refractivity contribution in [1.82, 2.24) is 40.4 Å². The average molecular weight is 1080 g/mol. The number of amides is 2. The summed E-state index contributed by atoms with van der Waals surface area (Å²) >= 11 is 1.60. The molecule has 2 bridgehead atoms. The van der Waals surface area contributed by atoms with Gasteiger partial charge in [0.1, 0.15) is 23.8 Å². The number of aryl methyl sites for hydroxylation is 1. The number of nitrogens with two attached hydrogens (primary N) is 1. The Morgan fingerprint density at radius 2 is 1.71 bits per heavy atom. The number of aliphatic hydroxyl groups is 1. The summed E-state index contributed by atoms with van der Waals surface area (Å²) in [4.78, 5) is 47.2. The number of aliphatic hydroxyl groups excluding tert-OH is 1. The zero-order valence-electron chi connectivity index (χ0n) is 45.3. The Labute approximate surface area is 460 Å². The molecular formula is C59H73N11O7S. The smallest absolute Gasteiger partial charge is 0.254 e. The van der Waals surface area contributed by atoms with Crippen LogP contribution >= 0.6 is 11.3 Å². The molecule has 78 heavy (non-hydrogen) atoms. The van der Waals surface area contributed by atoms with Gasteiger partial charge in [-0.25, -0.2) is 9.97 Å². The number of ether oxygens (including phenoxy) is 2. The van der Waals surface area contributed by atoms with E-state index in [1.54, 1.807) is 29.5 Å². The molecule has 1 saturated carbocycles. The molecule has 412 valence electrons. The van der Waals surface area contributed by atoms with Crippen molar-refractivity contribution < 1.29 is 33.8 Å². The van der Waals surface area contributed by atoms with Crippen LogP contribution in [0.3, 0.4) is 0 Å². The number of aromatic nitrogens is 5. The lowest BCUT2D eigenvalue weighted by Crippen LogP contribution is -2.54. The van der Waals surface area contributed by atoms with Gasteiger partial charge in [0.05, 0.1) is 46.2 Å². The molecule has 6 aromatic rings. The fourth-order valence-corrected chi connectivity index (χ4v) is 13.7. The number of carbonyl (C=O) groups excluding carboxylic acids is 2. The van der Waals surface area contributed by atoms with E-state index in [2.05, 4.69) is 64.4 Å². The van der Waals surface area contributed by atoms with Crippen LogP contribution in [0, 0.1) is 30.6 Å². The van der Waals surface area contributed by atoms with Gasteiger partial charge >= 0.3 is 0 Å². The number of hydrogen-bond acceptors (Lipinski definition) is 17. The normalized spacial score (nSPS) is 25.0. The maximum absolute atomic E-state index is 14.3. The van der Waals surface area contributed by atoms with Gasteiger partial charge in [-0.05, 0) is 123 Å². The Bertz CT molecular complexity index is 3040. The number of phenols is 1. The molecule has 8 heterocycles. The molecule has 11 rings (SSSR count). The standard InChI is InChI=1S/C59H73N11O7S/c1-34(2)55(59(74)69-32-45(71)25-50(69)58(73)63-36(4)40-10-12-41(13-11-40)56-37(5)62-33-78-56)52-27-54(66-77-52)75-21-18-39-17-20-67(28-35(39)3)29-38-22-46(23-38)76-53-24-42(16-19-61-53)70-43-14-15-44(70)31-68(30-43)49-26-48(64-65-57(49)60)47-8-6-7-9-51(47)72/h6-13,16,19,24,26-27,33-36,38-39,43-46,50,55,71-72H,14-15,17-18,20-23,25,28-32H2,1-5H3,(H2,60,65)(H,63,73)/t35-,36-,38-,39+,43?,44?,45+,46-,50-,55-/m0/s1. The molecule has 8 atom stereocenters. The van der Waals surface area contributed by atoms with Crippen LogP contribution in [0.15, 0.2) is 89.0 Å². The van der Waals surface area contributed by atoms with Gasteiger partial charge in [-0.3, -0.25) is 9.59 Å². The van der Waals surface area contributed by atoms with Crippen molar-refractivity contribution in [3.8, 4) is 39.2 Å². The number of β-amino-alcohol motifs (C(OH)–C–C–N with tert-alkyl or cyclic N) is 1. The lowest BCUT2D eigenvalue weighted by molar-refractivity contribution is -0.141. The Kier molecular flexibility index (Phi) is 15.6. The highest BCUT2D eigenvalue weighted by Crippen LogP contribution is 2.41. The van der Waals surface area contributed by atoms with Gasteiger partial charge in [-0.1, -0.05) is 57.2 Å². The molecule has 5 fully saturated rings. The number of nitrogens with one attached hydrogen (secondary N) is 1. The molecule has 18 nitrogen and oxygen atoms in total. The van der Waals surface area contributed by atoms with Crippen molar-refractivity contribution in [1.29, 1.82) is 0 Å². The highest BCUT2D eigenvalue weighted by atomic mass is 32.1. The molecule has 0 radical (unpaired) electrons. The first-order chi connectivity index (χ1) is 37.7. The molecule has 2 unspecified atom stereocenters. The Hall–Kier alpha value is -6.83. The first-order valence-corrected chi connectivity index (χ1v) is 28.8. The summed E-state index contributed by atoms with van der Waals surface area (Å²) in [6, 6.07) is 22.6. The highest BCUT2D eigenvalue weighted by molar-refractivity contribution is 7.13. The molecule has 2 amide bonds. The highest BCUT2D eigenvalue weighted by Gasteiger charge is 2.45. The molecule has 5 N–H and O–H groups in total. The van der Waals surface area contributed by atoms with Crippen molar-refractivity contribution in [2.75, 3.05) is 61.4 Å². The number of rotatable bonds is 18. The summed E-state index contributed by atoms with van der Waals surface area (Å²) in [5.41, 5.74) is 14.5. The molecule has 19 heteroatoms. The third kappa shape index (κ3) is 11.4. The number of nitrogens with zero attached hydrogens (tertiary/aromatic N) is 9. The number of carbonyl (C=O) groups is 2. The fourth-order valence-electron chi connectivity index (χ4n) is 12.9. The van der Waals surface area contributed by atoms with E-state index in [-0.39, 0.29) is 48.6 Å². The maximum atomic E-state index is 14.3. The van der Waals surface area contributed by atoms with Crippen LogP contribution in [0.25, 0.3) is 21.7 Å². The van der Waals surface area contributed by atoms with Gasteiger partial charge in [0, 0.05) is 80.8 Å². The molecule has 0 spiro atoms. The maximum Gasteiger partial charge on any atom is 0.254 e. The van der Waals surface area contributed by atoms with Crippen LogP contribution in [0.2, 0.25) is 0 Å². The number of para-hydroxylation sites is 1. The minimum absolute atomic E-state index is 0.0620. The van der Waals surface area contributed by atoms with E-state index < -0.39 is 18.1 Å². The van der Waals surface area contributed by atoms with E-state index in [1.807, 2.05) is 81.9 Å². The lowest BCUT2D eigenvalue weighted by Gasteiger charge is -2.44. The third-order valence-corrected chi connectivity index (χ3v) is 18.1. The first kappa shape index (κ1) is 53.2. The number of likely N-dealkylation sites (tertiary alicyclic amines) is 2. The van der Waals surface area contributed by atoms with E-state index in [0.29, 0.717) is 71.0 Å². The monoisotopic (exact) mass is 1080 g/mol. The summed E-state index contributed by atoms with van der Waals surface area (Å²) in [5.74, 6) is 2.13. The zero-order chi connectivity index (χ0) is 54.2. The van der Waals surface area contributed by atoms with Crippen LogP contribution < -0.4 is 30.3 Å². The number of nitrogen functional groups attached to an aromatic ring is 1. The van der Waals surface area contributed by atoms with Crippen molar-refractivity contribution in [2.45, 2.75) is 122 Å². The van der Waals surface area contributed by atoms with Gasteiger partial charge in [-0.2, -0.15) is 0 Å². The number of piperazine rings is 1. The number of phenolic OH excluding ortho intramolecular Hbond substituents is 1. The minimum Gasteiger partial charge on any atom is -0.507 e. The summed E-state index contributed by atoms with van der Waals surface area (Å²) in [7, 11) is 0. The summed E-state index contributed by atoms with van der Waals surface area (Å²) in [5, 5.41) is 37.1. The number of hydrogen-bond donors (Lipinski definition) is 4. The van der Waals surface area contributed by atoms with Gasteiger partial charge < -0.3 is 54.9 Å². The number of pyridine rings is 1. The second-order valence-electron chi connectivity index (χ2n) is 22.9. The Morgan fingerprint density at radius 1 is 0.923 bits per heavy atom. The van der Waals surface area contributed by atoms with Crippen LogP contribution in [-0.2, 0) is 9.59 Å². The molecule has 5 aliphatic rings. The van der Waals surface area contributed by atoms with E-state index in [9.17, 15) is 19.8 Å². The van der Waals surface area contributed by atoms with Crippen molar-refractivity contribution >= 4 is 40.3 Å².